The van der Waals surface area contributed by atoms with Gasteiger partial charge in [0, 0.05) is 6.54 Å². The van der Waals surface area contributed by atoms with Crippen molar-refractivity contribution in [2.24, 2.45) is 0 Å². The average Bonchev–Trinajstić information content (AvgIpc) is 1.41. The Labute approximate surface area is 100 Å². The monoisotopic (exact) mass is 414 g/mol. The van der Waals surface area contributed by atoms with E-state index in [-0.39, 0.29) is 77.0 Å². The van der Waals surface area contributed by atoms with Crippen LogP contribution in [0.15, 0.2) is 0 Å². The summed E-state index contributed by atoms with van der Waals surface area (Å²) in [5.41, 5.74) is 0. The van der Waals surface area contributed by atoms with Gasteiger partial charge < -0.3 is 61.4 Å². The molecule has 0 aromatic carbocycles. The van der Waals surface area contributed by atoms with Crippen LogP contribution in [0.2, 0.25) is 0 Å². The number of halogens is 3. The Kier molecular flexibility index (Phi) is 110. The molecule has 61 valence electrons. The Morgan fingerprint density at radius 1 is 1.22 bits per heavy atom. The van der Waals surface area contributed by atoms with E-state index in [9.17, 15) is 0 Å². The zero-order valence-corrected chi connectivity index (χ0v) is 11.3. The Morgan fingerprint density at radius 3 is 1.56 bits per heavy atom. The summed E-state index contributed by atoms with van der Waals surface area (Å²) >= 11 is 0. The zero-order chi connectivity index (χ0) is 4.12. The molecule has 0 aromatic rings. The molecule has 0 saturated heterocycles. The van der Waals surface area contributed by atoms with Gasteiger partial charge in [0.05, 0.1) is 6.61 Å². The van der Waals surface area contributed by atoms with Crippen molar-refractivity contribution in [1.29, 1.82) is 0 Å². The number of aliphatic hydroxyl groups is 1. The smallest absolute Gasteiger partial charge is 1.00 e. The van der Waals surface area contributed by atoms with Crippen LogP contribution in [0.4, 0.5) is 0 Å². The molecule has 2 nitrogen and oxygen atoms in total. The van der Waals surface area contributed by atoms with E-state index in [4.69, 9.17) is 5.11 Å². The minimum atomic E-state index is 0. The average molecular weight is 416 g/mol. The predicted octanol–water partition coefficient (Wildman–Crippen LogP) is -9.79. The fourth-order valence-electron chi connectivity index (χ4n) is 0.112. The van der Waals surface area contributed by atoms with Gasteiger partial charge in [0.1, 0.15) is 0 Å². The van der Waals surface area contributed by atoms with E-state index in [1.165, 1.54) is 0 Å². The molecule has 0 amide bonds. The maximum Gasteiger partial charge on any atom is 3.00 e. The van der Waals surface area contributed by atoms with Gasteiger partial charge in [-0.1, -0.05) is 0 Å². The maximum absolute atomic E-state index is 8.00. The van der Waals surface area contributed by atoms with Gasteiger partial charge >= 0.3 is 19.5 Å². The molecule has 0 aromatic heterocycles. The SMILES string of the molecule is CNCCO.[Br-].[Br-].[Br-].[Ru+3]. The van der Waals surface area contributed by atoms with Crippen LogP contribution < -0.4 is 56.3 Å². The first-order valence-corrected chi connectivity index (χ1v) is 1.67. The van der Waals surface area contributed by atoms with Gasteiger partial charge in [-0.3, -0.25) is 0 Å². The molecule has 0 bridgehead atoms. The third kappa shape index (κ3) is 40.1. The number of rotatable bonds is 2. The second kappa shape index (κ2) is 32.4. The molecule has 0 aliphatic rings. The number of hydrogen-bond donors (Lipinski definition) is 2. The zero-order valence-electron chi connectivity index (χ0n) is 4.85. The topological polar surface area (TPSA) is 32.3 Å². The first kappa shape index (κ1) is 30.6. The molecule has 0 aliphatic carbocycles. The molecule has 0 heterocycles. The second-order valence-corrected chi connectivity index (χ2v) is 0.827. The number of hydrogen-bond acceptors (Lipinski definition) is 2. The minimum Gasteiger partial charge on any atom is -1.00 e. The largest absolute Gasteiger partial charge is 3.00 e. The molecule has 0 atom stereocenters. The number of aliphatic hydroxyl groups excluding tert-OH is 1. The van der Waals surface area contributed by atoms with Crippen LogP contribution >= 0.6 is 0 Å². The van der Waals surface area contributed by atoms with Gasteiger partial charge in [-0.25, -0.2) is 0 Å². The van der Waals surface area contributed by atoms with Crippen LogP contribution in [0.25, 0.3) is 0 Å². The van der Waals surface area contributed by atoms with Crippen molar-refractivity contribution in [2.75, 3.05) is 20.2 Å². The van der Waals surface area contributed by atoms with Crippen LogP contribution in [0, 0.1) is 0 Å². The summed E-state index contributed by atoms with van der Waals surface area (Å²) in [6.45, 7) is 0.927. The summed E-state index contributed by atoms with van der Waals surface area (Å²) in [6, 6.07) is 0. The summed E-state index contributed by atoms with van der Waals surface area (Å²) in [5, 5.41) is 10.8. The van der Waals surface area contributed by atoms with E-state index in [1.54, 1.807) is 7.05 Å². The van der Waals surface area contributed by atoms with Gasteiger partial charge in [0.15, 0.2) is 0 Å². The Morgan fingerprint density at radius 2 is 1.56 bits per heavy atom. The van der Waals surface area contributed by atoms with Crippen molar-refractivity contribution >= 4 is 0 Å². The van der Waals surface area contributed by atoms with Crippen LogP contribution in [0.5, 0.6) is 0 Å². The van der Waals surface area contributed by atoms with Crippen LogP contribution in [0.1, 0.15) is 0 Å². The fraction of sp³-hybridized carbons (Fsp3) is 1.00. The summed E-state index contributed by atoms with van der Waals surface area (Å²) in [6.07, 6.45) is 0. The minimum absolute atomic E-state index is 0. The third-order valence-corrected chi connectivity index (χ3v) is 0.362. The Hall–Kier alpha value is 1.98. The van der Waals surface area contributed by atoms with E-state index in [1.807, 2.05) is 0 Å². The quantitative estimate of drug-likeness (QED) is 0.439. The molecule has 0 fully saturated rings. The van der Waals surface area contributed by atoms with E-state index in [0.29, 0.717) is 6.54 Å². The standard InChI is InChI=1S/C3H9NO.3BrH.Ru/c1-4-2-3-5;;;;/h4-5H,2-3H2,1H3;3*1H;/q;;;;+3/p-3. The molecule has 0 aliphatic heterocycles. The summed E-state index contributed by atoms with van der Waals surface area (Å²) in [7, 11) is 1.80. The van der Waals surface area contributed by atoms with Crippen LogP contribution in [0.3, 0.4) is 0 Å². The van der Waals surface area contributed by atoms with Crippen LogP contribution in [-0.4, -0.2) is 25.3 Å². The first-order chi connectivity index (χ1) is 2.41. The van der Waals surface area contributed by atoms with Gasteiger partial charge in [-0.15, -0.1) is 0 Å². The van der Waals surface area contributed by atoms with Gasteiger partial charge in [-0.2, -0.15) is 0 Å². The van der Waals surface area contributed by atoms with Crippen molar-refractivity contribution in [1.82, 2.24) is 5.32 Å². The molecular formula is C3H9Br3NORu. The molecule has 9 heavy (non-hydrogen) atoms. The molecule has 2 N–H and O–H groups in total. The Bertz CT molecular complexity index is 26.5. The van der Waals surface area contributed by atoms with Gasteiger partial charge in [-0.05, 0) is 7.05 Å². The molecule has 0 unspecified atom stereocenters. The van der Waals surface area contributed by atoms with E-state index >= 15 is 0 Å². The molecule has 0 spiro atoms. The number of nitrogens with one attached hydrogen (secondary N) is 1. The number of likely N-dealkylation sites (N-methyl/N-ethyl adjacent to an activating group) is 1. The van der Waals surface area contributed by atoms with Crippen molar-refractivity contribution in [3.63, 3.8) is 0 Å². The Balaban J connectivity index is -0.0000000133. The van der Waals surface area contributed by atoms with Crippen molar-refractivity contribution < 1.29 is 75.5 Å². The molecular weight excluding hydrogens is 407 g/mol. The molecule has 1 radical (unpaired) electrons. The fourth-order valence-corrected chi connectivity index (χ4v) is 0.112. The second-order valence-electron chi connectivity index (χ2n) is 0.827. The maximum atomic E-state index is 8.00. The first-order valence-electron chi connectivity index (χ1n) is 1.67. The third-order valence-electron chi connectivity index (χ3n) is 0.362. The van der Waals surface area contributed by atoms with Crippen molar-refractivity contribution in [3.05, 3.63) is 0 Å². The van der Waals surface area contributed by atoms with Gasteiger partial charge in [0.25, 0.3) is 0 Å². The summed E-state index contributed by atoms with van der Waals surface area (Å²) in [5.74, 6) is 0. The normalized spacial score (nSPS) is 4.67. The molecule has 0 saturated carbocycles. The van der Waals surface area contributed by atoms with Crippen molar-refractivity contribution in [3.8, 4) is 0 Å². The molecule has 0 rings (SSSR count). The van der Waals surface area contributed by atoms with Crippen molar-refractivity contribution in [2.45, 2.75) is 0 Å². The van der Waals surface area contributed by atoms with E-state index < -0.39 is 0 Å². The van der Waals surface area contributed by atoms with E-state index in [2.05, 4.69) is 5.32 Å². The van der Waals surface area contributed by atoms with Crippen LogP contribution in [-0.2, 0) is 19.5 Å². The summed E-state index contributed by atoms with van der Waals surface area (Å²) in [4.78, 5) is 0. The predicted molar refractivity (Wildman–Crippen MR) is 21.0 cm³/mol. The summed E-state index contributed by atoms with van der Waals surface area (Å²) < 4.78 is 0. The molecule has 6 heteroatoms. The van der Waals surface area contributed by atoms with E-state index in [0.717, 1.165) is 0 Å². The van der Waals surface area contributed by atoms with Gasteiger partial charge in [0.2, 0.25) is 0 Å².